The first-order chi connectivity index (χ1) is 12.3. The number of cyclic esters (lactones) is 1. The first-order valence-corrected chi connectivity index (χ1v) is 9.90. The summed E-state index contributed by atoms with van der Waals surface area (Å²) in [6.07, 6.45) is 8.62. The number of methoxy groups -OCH3 is 1. The van der Waals surface area contributed by atoms with Gasteiger partial charge in [-0.15, -0.1) is 0 Å². The molecule has 1 unspecified atom stereocenters. The van der Waals surface area contributed by atoms with E-state index in [0.29, 0.717) is 23.4 Å². The number of ether oxygens (including phenoxy) is 3. The third-order valence-electron chi connectivity index (χ3n) is 7.01. The van der Waals surface area contributed by atoms with E-state index in [1.54, 1.807) is 13.0 Å². The summed E-state index contributed by atoms with van der Waals surface area (Å²) in [7, 11) is 1.53. The van der Waals surface area contributed by atoms with Gasteiger partial charge in [-0.2, -0.15) is 0 Å². The minimum Gasteiger partial charge on any atom is -0.429 e. The third-order valence-corrected chi connectivity index (χ3v) is 7.01. The van der Waals surface area contributed by atoms with Gasteiger partial charge in [-0.25, -0.2) is 4.79 Å². The van der Waals surface area contributed by atoms with Gasteiger partial charge in [-0.05, 0) is 62.4 Å². The molecule has 5 heteroatoms. The van der Waals surface area contributed by atoms with Crippen LogP contribution in [-0.2, 0) is 23.8 Å². The Hall–Kier alpha value is -1.20. The van der Waals surface area contributed by atoms with Crippen molar-refractivity contribution in [3.63, 3.8) is 0 Å². The molecule has 26 heavy (non-hydrogen) atoms. The van der Waals surface area contributed by atoms with Crippen molar-refractivity contribution in [1.29, 1.82) is 0 Å². The summed E-state index contributed by atoms with van der Waals surface area (Å²) in [6.45, 7) is 6.38. The van der Waals surface area contributed by atoms with Crippen molar-refractivity contribution in [3.8, 4) is 0 Å². The number of hydrogen-bond donors (Lipinski definition) is 0. The van der Waals surface area contributed by atoms with Crippen molar-refractivity contribution in [2.24, 2.45) is 23.2 Å². The normalized spacial score (nSPS) is 38.1. The predicted octanol–water partition coefficient (Wildman–Crippen LogP) is 4.01. The summed E-state index contributed by atoms with van der Waals surface area (Å²) in [5.41, 5.74) is -0.889. The molecule has 3 aliphatic rings. The molecule has 0 radical (unpaired) electrons. The highest BCUT2D eigenvalue weighted by Gasteiger charge is 2.52. The first kappa shape index (κ1) is 19.6. The maximum Gasteiger partial charge on any atom is 0.347 e. The van der Waals surface area contributed by atoms with Crippen LogP contribution in [0, 0.1) is 23.2 Å². The van der Waals surface area contributed by atoms with Crippen LogP contribution in [-0.4, -0.2) is 31.3 Å². The fraction of sp³-hybridized carbons (Fsp3) is 0.810. The molecule has 2 fully saturated rings. The number of carbonyl (C=O) groups excluding carboxylic acids is 2. The molecule has 1 aliphatic heterocycles. The van der Waals surface area contributed by atoms with E-state index in [0.717, 1.165) is 38.5 Å². The zero-order valence-corrected chi connectivity index (χ0v) is 16.5. The van der Waals surface area contributed by atoms with E-state index in [2.05, 4.69) is 13.8 Å². The smallest absolute Gasteiger partial charge is 0.347 e. The zero-order chi connectivity index (χ0) is 18.9. The summed E-state index contributed by atoms with van der Waals surface area (Å²) in [5.74, 6) is 2.14. The molecule has 0 saturated heterocycles. The number of rotatable bonds is 7. The minimum absolute atomic E-state index is 0.0572. The lowest BCUT2D eigenvalue weighted by molar-refractivity contribution is -0.166. The number of fused-ring (bicyclic) bond motifs is 1. The fourth-order valence-electron chi connectivity index (χ4n) is 5.50. The second-order valence-electron chi connectivity index (χ2n) is 8.74. The lowest BCUT2D eigenvalue weighted by Crippen LogP contribution is -2.39. The molecule has 1 heterocycles. The van der Waals surface area contributed by atoms with Gasteiger partial charge in [0.05, 0.1) is 0 Å². The van der Waals surface area contributed by atoms with Gasteiger partial charge >= 0.3 is 5.97 Å². The Morgan fingerprint density at radius 1 is 1.31 bits per heavy atom. The molecule has 5 nitrogen and oxygen atoms in total. The maximum absolute atomic E-state index is 12.3. The molecule has 0 aromatic heterocycles. The second kappa shape index (κ2) is 7.43. The SMILES string of the molecule is COCO[C@@]1(C)C=C(CC[C@@H](C)[C@H]2CCC3C(=O)CCC[C@]32C)OC1=O. The molecular formula is C21H32O5. The maximum atomic E-state index is 12.3. The molecule has 2 aliphatic carbocycles. The van der Waals surface area contributed by atoms with Crippen LogP contribution in [0.4, 0.5) is 0 Å². The van der Waals surface area contributed by atoms with Crippen LogP contribution in [0.15, 0.2) is 11.8 Å². The molecule has 0 N–H and O–H groups in total. The lowest BCUT2D eigenvalue weighted by atomic mass is 9.62. The van der Waals surface area contributed by atoms with Crippen molar-refractivity contribution in [3.05, 3.63) is 11.8 Å². The minimum atomic E-state index is -1.05. The summed E-state index contributed by atoms with van der Waals surface area (Å²) in [6, 6.07) is 0. The fourth-order valence-corrected chi connectivity index (χ4v) is 5.50. The van der Waals surface area contributed by atoms with Crippen molar-refractivity contribution in [2.45, 2.75) is 71.3 Å². The molecule has 0 aromatic rings. The Balaban J connectivity index is 1.59. The van der Waals surface area contributed by atoms with E-state index in [1.807, 2.05) is 0 Å². The van der Waals surface area contributed by atoms with Crippen LogP contribution in [0.1, 0.15) is 65.7 Å². The quantitative estimate of drug-likeness (QED) is 0.504. The summed E-state index contributed by atoms with van der Waals surface area (Å²) in [5, 5.41) is 0. The number of Topliss-reactive ketones (excluding diaryl/α,β-unsaturated/α-hetero) is 1. The van der Waals surface area contributed by atoms with Crippen molar-refractivity contribution in [1.82, 2.24) is 0 Å². The van der Waals surface area contributed by atoms with E-state index in [4.69, 9.17) is 14.2 Å². The van der Waals surface area contributed by atoms with E-state index in [1.165, 1.54) is 13.5 Å². The molecule has 0 amide bonds. The Morgan fingerprint density at radius 2 is 2.08 bits per heavy atom. The van der Waals surface area contributed by atoms with E-state index in [-0.39, 0.29) is 24.1 Å². The molecule has 2 saturated carbocycles. The lowest BCUT2D eigenvalue weighted by Gasteiger charge is -2.42. The standard InChI is InChI=1S/C21H32O5/c1-14(16-9-10-17-18(22)6-5-11-20(16,17)2)7-8-15-12-21(3,19(23)26-15)25-13-24-4/h12,14,16-17H,5-11,13H2,1-4H3/t14-,16-,17?,20+,21+/m1/s1. The molecular weight excluding hydrogens is 332 g/mol. The average Bonchev–Trinajstić information content (AvgIpc) is 3.09. The van der Waals surface area contributed by atoms with E-state index >= 15 is 0 Å². The van der Waals surface area contributed by atoms with Crippen LogP contribution in [0.3, 0.4) is 0 Å². The number of carbonyl (C=O) groups is 2. The van der Waals surface area contributed by atoms with Gasteiger partial charge in [-0.1, -0.05) is 13.8 Å². The Labute approximate surface area is 156 Å². The molecule has 146 valence electrons. The van der Waals surface area contributed by atoms with Gasteiger partial charge in [0, 0.05) is 25.9 Å². The van der Waals surface area contributed by atoms with Crippen molar-refractivity contribution >= 4 is 11.8 Å². The number of ketones is 1. The molecule has 0 bridgehead atoms. The molecule has 5 atom stereocenters. The van der Waals surface area contributed by atoms with Crippen molar-refractivity contribution < 1.29 is 23.8 Å². The zero-order valence-electron chi connectivity index (χ0n) is 16.5. The first-order valence-electron chi connectivity index (χ1n) is 9.90. The summed E-state index contributed by atoms with van der Waals surface area (Å²) < 4.78 is 15.8. The number of esters is 1. The second-order valence-corrected chi connectivity index (χ2v) is 8.74. The molecule has 0 spiro atoms. The topological polar surface area (TPSA) is 61.8 Å². The monoisotopic (exact) mass is 364 g/mol. The highest BCUT2D eigenvalue weighted by atomic mass is 16.7. The summed E-state index contributed by atoms with van der Waals surface area (Å²) >= 11 is 0. The molecule has 0 aromatic carbocycles. The van der Waals surface area contributed by atoms with Crippen molar-refractivity contribution in [2.75, 3.05) is 13.9 Å². The van der Waals surface area contributed by atoms with Gasteiger partial charge < -0.3 is 14.2 Å². The van der Waals surface area contributed by atoms with Crippen LogP contribution in [0.5, 0.6) is 0 Å². The highest BCUT2D eigenvalue weighted by Crippen LogP contribution is 2.57. The predicted molar refractivity (Wildman–Crippen MR) is 97.1 cm³/mol. The summed E-state index contributed by atoms with van der Waals surface area (Å²) in [4.78, 5) is 24.4. The Morgan fingerprint density at radius 3 is 2.81 bits per heavy atom. The van der Waals surface area contributed by atoms with Gasteiger partial charge in [0.1, 0.15) is 18.3 Å². The van der Waals surface area contributed by atoms with Gasteiger partial charge in [0.2, 0.25) is 0 Å². The van der Waals surface area contributed by atoms with Crippen LogP contribution in [0.25, 0.3) is 0 Å². The largest absolute Gasteiger partial charge is 0.429 e. The Kier molecular flexibility index (Phi) is 5.59. The highest BCUT2D eigenvalue weighted by molar-refractivity contribution is 5.85. The number of allylic oxidation sites excluding steroid dienone is 1. The Bertz CT molecular complexity index is 597. The third kappa shape index (κ3) is 3.48. The van der Waals surface area contributed by atoms with Gasteiger partial charge in [0.15, 0.2) is 5.60 Å². The van der Waals surface area contributed by atoms with E-state index in [9.17, 15) is 9.59 Å². The van der Waals surface area contributed by atoms with Crippen LogP contribution < -0.4 is 0 Å². The van der Waals surface area contributed by atoms with Gasteiger partial charge in [0.25, 0.3) is 0 Å². The van der Waals surface area contributed by atoms with Crippen LogP contribution in [0.2, 0.25) is 0 Å². The van der Waals surface area contributed by atoms with Crippen LogP contribution >= 0.6 is 0 Å². The number of hydrogen-bond acceptors (Lipinski definition) is 5. The van der Waals surface area contributed by atoms with E-state index < -0.39 is 5.60 Å². The average molecular weight is 364 g/mol. The van der Waals surface area contributed by atoms with Gasteiger partial charge in [-0.3, -0.25) is 4.79 Å². The molecule has 3 rings (SSSR count).